The van der Waals surface area contributed by atoms with Gasteiger partial charge in [0.25, 0.3) is 0 Å². The zero-order valence-corrected chi connectivity index (χ0v) is 17.0. The molecule has 2 heterocycles. The fourth-order valence-electron chi connectivity index (χ4n) is 2.60. The van der Waals surface area contributed by atoms with Crippen molar-refractivity contribution >= 4 is 33.3 Å². The maximum atomic E-state index is 10.8. The normalized spacial score (nSPS) is 11.2. The molecule has 3 aromatic rings. The molecule has 28 heavy (non-hydrogen) atoms. The quantitative estimate of drug-likeness (QED) is 0.577. The standard InChI is InChI=1S/C20H23N3O4S/c1-11(2)21-20-23-17(10-28-20)16-8-18(27-12(3)4)14-6-5-13(7-15(14)22-16)26-9-19(24)25/h5-8,10-12H,9H2,1-4H3,(H,21,23)(H,24,25). The lowest BCUT2D eigenvalue weighted by Gasteiger charge is -2.14. The molecule has 0 amide bonds. The second-order valence-electron chi connectivity index (χ2n) is 6.87. The lowest BCUT2D eigenvalue weighted by Crippen LogP contribution is -2.09. The third kappa shape index (κ3) is 4.89. The number of fused-ring (bicyclic) bond motifs is 1. The number of thiazole rings is 1. The maximum absolute atomic E-state index is 10.8. The Hall–Kier alpha value is -2.87. The van der Waals surface area contributed by atoms with Crippen molar-refractivity contribution in [3.8, 4) is 22.9 Å². The summed E-state index contributed by atoms with van der Waals surface area (Å²) in [6.45, 7) is 7.63. The molecule has 1 aromatic carbocycles. The molecule has 0 spiro atoms. The highest BCUT2D eigenvalue weighted by atomic mass is 32.1. The summed E-state index contributed by atoms with van der Waals surface area (Å²) in [6, 6.07) is 7.43. The highest BCUT2D eigenvalue weighted by Gasteiger charge is 2.14. The topological polar surface area (TPSA) is 93.6 Å². The monoisotopic (exact) mass is 401 g/mol. The molecule has 8 heteroatoms. The number of hydrogen-bond acceptors (Lipinski definition) is 7. The van der Waals surface area contributed by atoms with Crippen LogP contribution >= 0.6 is 11.3 Å². The van der Waals surface area contributed by atoms with E-state index in [2.05, 4.69) is 24.1 Å². The molecule has 0 atom stereocenters. The SMILES string of the molecule is CC(C)Nc1nc(-c2cc(OC(C)C)c3ccc(OCC(=O)O)cc3n2)cs1. The summed E-state index contributed by atoms with van der Waals surface area (Å²) in [5.74, 6) is 0.111. The Balaban J connectivity index is 2.03. The summed E-state index contributed by atoms with van der Waals surface area (Å²) < 4.78 is 11.3. The summed E-state index contributed by atoms with van der Waals surface area (Å²) in [5, 5.41) is 15.7. The fourth-order valence-corrected chi connectivity index (χ4v) is 3.45. The van der Waals surface area contributed by atoms with Gasteiger partial charge >= 0.3 is 5.97 Å². The molecule has 3 rings (SSSR count). The van der Waals surface area contributed by atoms with Crippen molar-refractivity contribution in [3.63, 3.8) is 0 Å². The van der Waals surface area contributed by atoms with Crippen LogP contribution in [-0.2, 0) is 4.79 Å². The zero-order chi connectivity index (χ0) is 20.3. The minimum Gasteiger partial charge on any atom is -0.490 e. The van der Waals surface area contributed by atoms with E-state index in [4.69, 9.17) is 19.6 Å². The Bertz CT molecular complexity index is 985. The van der Waals surface area contributed by atoms with Crippen LogP contribution in [0.15, 0.2) is 29.6 Å². The predicted molar refractivity (Wildman–Crippen MR) is 111 cm³/mol. The first-order valence-corrected chi connectivity index (χ1v) is 9.88. The van der Waals surface area contributed by atoms with Gasteiger partial charge in [-0.1, -0.05) is 0 Å². The highest BCUT2D eigenvalue weighted by Crippen LogP contribution is 2.34. The number of carbonyl (C=O) groups is 1. The van der Waals surface area contributed by atoms with E-state index >= 15 is 0 Å². The lowest BCUT2D eigenvalue weighted by molar-refractivity contribution is -0.139. The largest absolute Gasteiger partial charge is 0.490 e. The summed E-state index contributed by atoms with van der Waals surface area (Å²) in [6.07, 6.45) is -0.00464. The maximum Gasteiger partial charge on any atom is 0.341 e. The summed E-state index contributed by atoms with van der Waals surface area (Å²) in [4.78, 5) is 20.1. The molecule has 0 aliphatic rings. The second-order valence-corrected chi connectivity index (χ2v) is 7.73. The van der Waals surface area contributed by atoms with Crippen LogP contribution in [0.4, 0.5) is 5.13 Å². The molecule has 2 aromatic heterocycles. The summed E-state index contributed by atoms with van der Waals surface area (Å²) in [5.41, 5.74) is 2.09. The van der Waals surface area contributed by atoms with Gasteiger partial charge in [0.05, 0.1) is 17.3 Å². The van der Waals surface area contributed by atoms with Crippen LogP contribution in [0.2, 0.25) is 0 Å². The van der Waals surface area contributed by atoms with Crippen molar-refractivity contribution in [1.82, 2.24) is 9.97 Å². The smallest absolute Gasteiger partial charge is 0.341 e. The van der Waals surface area contributed by atoms with E-state index in [1.807, 2.05) is 31.4 Å². The Labute approximate surface area is 167 Å². The third-order valence-electron chi connectivity index (χ3n) is 3.65. The molecule has 0 saturated heterocycles. The highest BCUT2D eigenvalue weighted by molar-refractivity contribution is 7.14. The number of nitrogens with one attached hydrogen (secondary N) is 1. The van der Waals surface area contributed by atoms with E-state index in [0.29, 0.717) is 22.7 Å². The van der Waals surface area contributed by atoms with Crippen LogP contribution in [0.5, 0.6) is 11.5 Å². The molecule has 0 unspecified atom stereocenters. The van der Waals surface area contributed by atoms with Gasteiger partial charge in [-0.15, -0.1) is 11.3 Å². The number of aromatic nitrogens is 2. The number of pyridine rings is 1. The molecule has 2 N–H and O–H groups in total. The number of nitrogens with zero attached hydrogens (tertiary/aromatic N) is 2. The van der Waals surface area contributed by atoms with E-state index in [1.54, 1.807) is 12.1 Å². The van der Waals surface area contributed by atoms with Gasteiger partial charge in [-0.2, -0.15) is 0 Å². The Kier molecular flexibility index (Phi) is 5.99. The van der Waals surface area contributed by atoms with Crippen LogP contribution < -0.4 is 14.8 Å². The van der Waals surface area contributed by atoms with Crippen LogP contribution in [0.3, 0.4) is 0 Å². The molecular formula is C20H23N3O4S. The Morgan fingerprint density at radius 3 is 2.64 bits per heavy atom. The van der Waals surface area contributed by atoms with Crippen molar-refractivity contribution in [2.45, 2.75) is 39.8 Å². The third-order valence-corrected chi connectivity index (χ3v) is 4.42. The van der Waals surface area contributed by atoms with Crippen molar-refractivity contribution < 1.29 is 19.4 Å². The first-order chi connectivity index (χ1) is 13.3. The molecule has 0 bridgehead atoms. The van der Waals surface area contributed by atoms with Gasteiger partial charge in [-0.05, 0) is 39.8 Å². The predicted octanol–water partition coefficient (Wildman–Crippen LogP) is 4.43. The number of aliphatic carboxylic acids is 1. The molecule has 7 nitrogen and oxygen atoms in total. The van der Waals surface area contributed by atoms with Crippen LogP contribution in [-0.4, -0.2) is 39.8 Å². The number of rotatable bonds is 8. The van der Waals surface area contributed by atoms with E-state index in [9.17, 15) is 4.79 Å². The van der Waals surface area contributed by atoms with Gasteiger partial charge < -0.3 is 19.9 Å². The Morgan fingerprint density at radius 1 is 1.18 bits per heavy atom. The molecule has 148 valence electrons. The summed E-state index contributed by atoms with van der Waals surface area (Å²) >= 11 is 1.52. The number of carboxylic acid groups (broad SMARTS) is 1. The lowest BCUT2D eigenvalue weighted by atomic mass is 10.1. The number of benzene rings is 1. The zero-order valence-electron chi connectivity index (χ0n) is 16.2. The van der Waals surface area contributed by atoms with Gasteiger partial charge in [0.1, 0.15) is 17.2 Å². The molecule has 0 aliphatic carbocycles. The molecule has 0 saturated carbocycles. The number of anilines is 1. The minimum absolute atomic E-state index is 0.00464. The summed E-state index contributed by atoms with van der Waals surface area (Å²) in [7, 11) is 0. The van der Waals surface area contributed by atoms with Gasteiger partial charge in [-0.3, -0.25) is 0 Å². The van der Waals surface area contributed by atoms with Crippen molar-refractivity contribution in [1.29, 1.82) is 0 Å². The van der Waals surface area contributed by atoms with E-state index in [0.717, 1.165) is 16.2 Å². The van der Waals surface area contributed by atoms with E-state index in [-0.39, 0.29) is 12.1 Å². The van der Waals surface area contributed by atoms with Gasteiger partial charge in [0, 0.05) is 28.9 Å². The molecule has 0 radical (unpaired) electrons. The van der Waals surface area contributed by atoms with Gasteiger partial charge in [-0.25, -0.2) is 14.8 Å². The van der Waals surface area contributed by atoms with Crippen LogP contribution in [0, 0.1) is 0 Å². The van der Waals surface area contributed by atoms with Gasteiger partial charge in [0.15, 0.2) is 11.7 Å². The molecular weight excluding hydrogens is 378 g/mol. The second kappa shape index (κ2) is 8.43. The fraction of sp³-hybridized carbons (Fsp3) is 0.350. The molecule has 0 aliphatic heterocycles. The van der Waals surface area contributed by atoms with E-state index < -0.39 is 12.6 Å². The number of hydrogen-bond donors (Lipinski definition) is 2. The number of carboxylic acids is 1. The van der Waals surface area contributed by atoms with Crippen molar-refractivity contribution in [2.75, 3.05) is 11.9 Å². The number of ether oxygens (including phenoxy) is 2. The van der Waals surface area contributed by atoms with E-state index in [1.165, 1.54) is 11.3 Å². The molecule has 0 fully saturated rings. The first kappa shape index (κ1) is 19.9. The average Bonchev–Trinajstić information content (AvgIpc) is 3.06. The Morgan fingerprint density at radius 2 is 1.96 bits per heavy atom. The average molecular weight is 401 g/mol. The van der Waals surface area contributed by atoms with Crippen LogP contribution in [0.25, 0.3) is 22.3 Å². The first-order valence-electron chi connectivity index (χ1n) is 9.00. The minimum atomic E-state index is -1.03. The van der Waals surface area contributed by atoms with Crippen molar-refractivity contribution in [3.05, 3.63) is 29.6 Å². The van der Waals surface area contributed by atoms with Gasteiger partial charge in [0.2, 0.25) is 0 Å². The van der Waals surface area contributed by atoms with Crippen LogP contribution in [0.1, 0.15) is 27.7 Å². The van der Waals surface area contributed by atoms with Crippen molar-refractivity contribution in [2.24, 2.45) is 0 Å².